The molecule has 1 saturated heterocycles. The van der Waals surface area contributed by atoms with E-state index in [0.29, 0.717) is 19.2 Å². The Hall–Kier alpha value is -1.52. The van der Waals surface area contributed by atoms with Gasteiger partial charge in [0.15, 0.2) is 5.96 Å². The molecule has 2 atom stereocenters. The summed E-state index contributed by atoms with van der Waals surface area (Å²) in [6.45, 7) is 10.6. The normalized spacial score (nSPS) is 26.4. The molecule has 0 bridgehead atoms. The monoisotopic (exact) mass is 293 g/mol. The Labute approximate surface area is 127 Å². The van der Waals surface area contributed by atoms with Gasteiger partial charge in [0.2, 0.25) is 0 Å². The molecule has 1 heterocycles. The third-order valence-corrected chi connectivity index (χ3v) is 4.21. The van der Waals surface area contributed by atoms with Crippen molar-refractivity contribution in [1.82, 2.24) is 10.2 Å². The molecule has 5 nitrogen and oxygen atoms in total. The summed E-state index contributed by atoms with van der Waals surface area (Å²) < 4.78 is 5.11. The van der Waals surface area contributed by atoms with Crippen LogP contribution in [0.15, 0.2) is 17.6 Å². The number of rotatable bonds is 5. The summed E-state index contributed by atoms with van der Waals surface area (Å²) in [7, 11) is 0. The first kappa shape index (κ1) is 15.9. The molecule has 1 aliphatic heterocycles. The molecule has 0 radical (unpaired) electrons. The van der Waals surface area contributed by atoms with Crippen LogP contribution in [0.2, 0.25) is 0 Å². The zero-order chi connectivity index (χ0) is 15.2. The summed E-state index contributed by atoms with van der Waals surface area (Å²) in [5.41, 5.74) is 0. The van der Waals surface area contributed by atoms with Crippen LogP contribution in [-0.2, 0) is 9.53 Å². The fourth-order valence-electron chi connectivity index (χ4n) is 2.66. The number of esters is 1. The van der Waals surface area contributed by atoms with E-state index in [4.69, 9.17) is 4.74 Å². The van der Waals surface area contributed by atoms with E-state index in [0.717, 1.165) is 37.8 Å². The first-order valence-electron chi connectivity index (χ1n) is 7.99. The van der Waals surface area contributed by atoms with Crippen LogP contribution in [0.5, 0.6) is 0 Å². The summed E-state index contributed by atoms with van der Waals surface area (Å²) >= 11 is 0. The van der Waals surface area contributed by atoms with E-state index >= 15 is 0 Å². The lowest BCUT2D eigenvalue weighted by Crippen LogP contribution is -2.47. The lowest BCUT2D eigenvalue weighted by Gasteiger charge is -2.33. The van der Waals surface area contributed by atoms with Crippen LogP contribution in [0.1, 0.15) is 33.1 Å². The molecule has 1 aliphatic carbocycles. The molecular formula is C16H27N3O2. The molecule has 21 heavy (non-hydrogen) atoms. The van der Waals surface area contributed by atoms with Crippen molar-refractivity contribution in [3.63, 3.8) is 0 Å². The number of piperidine rings is 1. The van der Waals surface area contributed by atoms with Crippen LogP contribution in [0.4, 0.5) is 0 Å². The highest BCUT2D eigenvalue weighted by atomic mass is 16.5. The quantitative estimate of drug-likeness (QED) is 0.363. The Balaban J connectivity index is 1.87. The molecule has 5 heteroatoms. The first-order valence-corrected chi connectivity index (χ1v) is 7.99. The number of hydrogen-bond acceptors (Lipinski definition) is 3. The number of carbonyl (C=O) groups excluding carboxylic acids is 1. The van der Waals surface area contributed by atoms with Crippen molar-refractivity contribution in [3.05, 3.63) is 12.7 Å². The van der Waals surface area contributed by atoms with Gasteiger partial charge in [0.05, 0.1) is 19.1 Å². The minimum absolute atomic E-state index is 0.0432. The van der Waals surface area contributed by atoms with Crippen molar-refractivity contribution < 1.29 is 9.53 Å². The van der Waals surface area contributed by atoms with Crippen molar-refractivity contribution in [2.45, 2.75) is 39.2 Å². The summed E-state index contributed by atoms with van der Waals surface area (Å²) in [4.78, 5) is 18.6. The second kappa shape index (κ2) is 7.48. The maximum absolute atomic E-state index is 11.8. The highest BCUT2D eigenvalue weighted by molar-refractivity contribution is 5.81. The summed E-state index contributed by atoms with van der Waals surface area (Å²) in [5, 5.41) is 3.53. The summed E-state index contributed by atoms with van der Waals surface area (Å²) in [6, 6.07) is 0.552. The van der Waals surface area contributed by atoms with Gasteiger partial charge in [-0.25, -0.2) is 4.99 Å². The minimum atomic E-state index is -0.0505. The molecule has 2 rings (SSSR count). The summed E-state index contributed by atoms with van der Waals surface area (Å²) in [6.07, 6.45) is 4.71. The molecule has 1 saturated carbocycles. The molecular weight excluding hydrogens is 266 g/mol. The predicted octanol–water partition coefficient (Wildman–Crippen LogP) is 1.80. The minimum Gasteiger partial charge on any atom is -0.466 e. The molecule has 1 N–H and O–H groups in total. The number of likely N-dealkylation sites (tertiary alicyclic amines) is 1. The Morgan fingerprint density at radius 1 is 1.48 bits per heavy atom. The zero-order valence-electron chi connectivity index (χ0n) is 13.2. The molecule has 2 fully saturated rings. The average molecular weight is 293 g/mol. The second-order valence-corrected chi connectivity index (χ2v) is 5.93. The number of hydrogen-bond donors (Lipinski definition) is 1. The smallest absolute Gasteiger partial charge is 0.309 e. The van der Waals surface area contributed by atoms with Crippen molar-refractivity contribution in [2.75, 3.05) is 26.2 Å². The second-order valence-electron chi connectivity index (χ2n) is 5.93. The maximum atomic E-state index is 11.8. The molecule has 0 unspecified atom stereocenters. The number of aliphatic imine (C=N–C) groups is 1. The van der Waals surface area contributed by atoms with E-state index in [1.54, 1.807) is 0 Å². The molecule has 2 aliphatic rings. The van der Waals surface area contributed by atoms with Gasteiger partial charge < -0.3 is 15.0 Å². The largest absolute Gasteiger partial charge is 0.466 e. The van der Waals surface area contributed by atoms with Gasteiger partial charge in [-0.15, -0.1) is 6.58 Å². The molecule has 0 aromatic heterocycles. The zero-order valence-corrected chi connectivity index (χ0v) is 13.2. The fraction of sp³-hybridized carbons (Fsp3) is 0.750. The van der Waals surface area contributed by atoms with Crippen LogP contribution < -0.4 is 5.32 Å². The SMILES string of the molecule is C=CCN=C(N[C@@H]1C[C@@H]1C)N1CCC(C(=O)OCC)CC1. The van der Waals surface area contributed by atoms with Gasteiger partial charge in [-0.1, -0.05) is 13.0 Å². The van der Waals surface area contributed by atoms with Crippen LogP contribution in [-0.4, -0.2) is 49.1 Å². The van der Waals surface area contributed by atoms with Gasteiger partial charge in [0.1, 0.15) is 0 Å². The standard InChI is InChI=1S/C16H27N3O2/c1-4-8-17-16(18-14-11-12(14)3)19-9-6-13(7-10-19)15(20)21-5-2/h4,12-14H,1,5-11H2,2-3H3,(H,17,18)/t12-,14+/m0/s1. The van der Waals surface area contributed by atoms with Gasteiger partial charge in [-0.2, -0.15) is 0 Å². The van der Waals surface area contributed by atoms with Crippen molar-refractivity contribution in [1.29, 1.82) is 0 Å². The van der Waals surface area contributed by atoms with E-state index in [2.05, 4.69) is 28.7 Å². The maximum Gasteiger partial charge on any atom is 0.309 e. The van der Waals surface area contributed by atoms with Crippen LogP contribution in [0, 0.1) is 11.8 Å². The topological polar surface area (TPSA) is 53.9 Å². The van der Waals surface area contributed by atoms with E-state index in [-0.39, 0.29) is 11.9 Å². The highest BCUT2D eigenvalue weighted by Crippen LogP contribution is 2.29. The average Bonchev–Trinajstić information content (AvgIpc) is 3.19. The van der Waals surface area contributed by atoms with Gasteiger partial charge in [-0.05, 0) is 32.1 Å². The number of guanidine groups is 1. The van der Waals surface area contributed by atoms with Crippen molar-refractivity contribution >= 4 is 11.9 Å². The van der Waals surface area contributed by atoms with E-state index < -0.39 is 0 Å². The predicted molar refractivity (Wildman–Crippen MR) is 84.1 cm³/mol. The third-order valence-electron chi connectivity index (χ3n) is 4.21. The first-order chi connectivity index (χ1) is 10.2. The van der Waals surface area contributed by atoms with Crippen LogP contribution in [0.3, 0.4) is 0 Å². The number of carbonyl (C=O) groups is 1. The lowest BCUT2D eigenvalue weighted by molar-refractivity contribution is -0.149. The van der Waals surface area contributed by atoms with Crippen LogP contribution in [0.25, 0.3) is 0 Å². The van der Waals surface area contributed by atoms with Crippen LogP contribution >= 0.6 is 0 Å². The van der Waals surface area contributed by atoms with Gasteiger partial charge in [0.25, 0.3) is 0 Å². The lowest BCUT2D eigenvalue weighted by atomic mass is 9.97. The van der Waals surface area contributed by atoms with E-state index in [1.165, 1.54) is 6.42 Å². The third kappa shape index (κ3) is 4.48. The van der Waals surface area contributed by atoms with Gasteiger partial charge in [-0.3, -0.25) is 4.79 Å². The van der Waals surface area contributed by atoms with E-state index in [1.807, 2.05) is 13.0 Å². The van der Waals surface area contributed by atoms with Gasteiger partial charge >= 0.3 is 5.97 Å². The van der Waals surface area contributed by atoms with E-state index in [9.17, 15) is 4.79 Å². The Bertz CT molecular complexity index is 400. The number of nitrogens with one attached hydrogen (secondary N) is 1. The Morgan fingerprint density at radius 2 is 2.14 bits per heavy atom. The highest BCUT2D eigenvalue weighted by Gasteiger charge is 2.35. The number of ether oxygens (including phenoxy) is 1. The summed E-state index contributed by atoms with van der Waals surface area (Å²) in [5.74, 6) is 1.69. The molecule has 0 spiro atoms. The molecule has 0 aromatic rings. The number of nitrogens with zero attached hydrogens (tertiary/aromatic N) is 2. The molecule has 0 aromatic carbocycles. The van der Waals surface area contributed by atoms with Crippen molar-refractivity contribution in [2.24, 2.45) is 16.8 Å². The Morgan fingerprint density at radius 3 is 2.67 bits per heavy atom. The Kier molecular flexibility index (Phi) is 5.65. The van der Waals surface area contributed by atoms with Crippen molar-refractivity contribution in [3.8, 4) is 0 Å². The van der Waals surface area contributed by atoms with Gasteiger partial charge in [0, 0.05) is 19.1 Å². The molecule has 118 valence electrons. The fourth-order valence-corrected chi connectivity index (χ4v) is 2.66. The molecule has 0 amide bonds.